The van der Waals surface area contributed by atoms with E-state index in [2.05, 4.69) is 59.1 Å². The van der Waals surface area contributed by atoms with Gasteiger partial charge in [0.2, 0.25) is 23.9 Å². The van der Waals surface area contributed by atoms with E-state index in [9.17, 15) is 9.59 Å². The van der Waals surface area contributed by atoms with E-state index in [-0.39, 0.29) is 18.4 Å². The fourth-order valence-electron chi connectivity index (χ4n) is 3.41. The van der Waals surface area contributed by atoms with E-state index >= 15 is 0 Å². The first-order chi connectivity index (χ1) is 15.2. The minimum Gasteiger partial charge on any atom is -0.448 e. The summed E-state index contributed by atoms with van der Waals surface area (Å²) < 4.78 is 6.96. The molecule has 0 bridgehead atoms. The van der Waals surface area contributed by atoms with Gasteiger partial charge in [-0.15, -0.1) is 5.10 Å². The molecule has 3 rings (SSSR count). The van der Waals surface area contributed by atoms with Crippen molar-refractivity contribution >= 4 is 45.4 Å². The monoisotopic (exact) mass is 497 g/mol. The van der Waals surface area contributed by atoms with Crippen LogP contribution in [0.4, 0.5) is 5.69 Å². The lowest BCUT2D eigenvalue weighted by Crippen LogP contribution is -2.44. The minimum absolute atomic E-state index is 0.148. The maximum atomic E-state index is 12.3. The molecule has 0 saturated heterocycles. The number of nitrogens with zero attached hydrogens (tertiary/aromatic N) is 3. The van der Waals surface area contributed by atoms with Crippen LogP contribution in [0.25, 0.3) is 6.08 Å². The number of anilines is 1. The van der Waals surface area contributed by atoms with Crippen molar-refractivity contribution in [1.82, 2.24) is 5.01 Å². The summed E-state index contributed by atoms with van der Waals surface area (Å²) >= 11 is 3.40. The summed E-state index contributed by atoms with van der Waals surface area (Å²) in [5, 5.41) is 5.69. The Hall–Kier alpha value is -2.93. The first kappa shape index (κ1) is 23.7. The van der Waals surface area contributed by atoms with Crippen LogP contribution in [0.1, 0.15) is 51.7 Å². The second kappa shape index (κ2) is 10.1. The van der Waals surface area contributed by atoms with Gasteiger partial charge in [0.25, 0.3) is 0 Å². The Balaban J connectivity index is 1.80. The van der Waals surface area contributed by atoms with Gasteiger partial charge in [0.05, 0.1) is 6.54 Å². The molecule has 0 fully saturated rings. The molecule has 2 aromatic carbocycles. The number of ether oxygens (including phenoxy) is 1. The highest BCUT2D eigenvalue weighted by molar-refractivity contribution is 9.10. The highest BCUT2D eigenvalue weighted by Gasteiger charge is 2.34. The summed E-state index contributed by atoms with van der Waals surface area (Å²) in [7, 11) is 0. The fourth-order valence-corrected chi connectivity index (χ4v) is 3.67. The van der Waals surface area contributed by atoms with Crippen LogP contribution >= 0.6 is 15.9 Å². The number of halogens is 1. The van der Waals surface area contributed by atoms with Crippen LogP contribution < -0.4 is 4.90 Å². The van der Waals surface area contributed by atoms with Crippen LogP contribution in [-0.2, 0) is 14.3 Å². The van der Waals surface area contributed by atoms with E-state index < -0.39 is 6.23 Å². The first-order valence-electron chi connectivity index (χ1n) is 10.5. The molecular formula is C25H28BrN3O3. The second-order valence-corrected chi connectivity index (χ2v) is 9.01. The van der Waals surface area contributed by atoms with Gasteiger partial charge in [0.15, 0.2) is 0 Å². The molecule has 0 radical (unpaired) electrons. The van der Waals surface area contributed by atoms with Gasteiger partial charge in [0, 0.05) is 29.6 Å². The third-order valence-corrected chi connectivity index (χ3v) is 5.75. The van der Waals surface area contributed by atoms with Crippen molar-refractivity contribution in [2.75, 3.05) is 11.4 Å². The molecule has 0 aliphatic carbocycles. The zero-order chi connectivity index (χ0) is 23.4. The smallest absolute Gasteiger partial charge is 0.243 e. The van der Waals surface area contributed by atoms with Gasteiger partial charge in [-0.1, -0.05) is 54.0 Å². The number of carbonyl (C=O) groups is 2. The van der Waals surface area contributed by atoms with Crippen LogP contribution in [0.2, 0.25) is 0 Å². The number of carbonyl (C=O) groups excluding carboxylic acids is 2. The summed E-state index contributed by atoms with van der Waals surface area (Å²) in [6.07, 6.45) is 1.27. The molecule has 6 nitrogen and oxygen atoms in total. The fraction of sp³-hybridized carbons (Fsp3) is 0.320. The Bertz CT molecular complexity index is 1040. The molecule has 0 N–H and O–H groups in total. The van der Waals surface area contributed by atoms with Crippen LogP contribution in [-0.4, -0.2) is 35.5 Å². The Kier molecular flexibility index (Phi) is 7.51. The van der Waals surface area contributed by atoms with E-state index in [1.807, 2.05) is 37.3 Å². The topological polar surface area (TPSA) is 62.2 Å². The van der Waals surface area contributed by atoms with Crippen LogP contribution in [0, 0.1) is 0 Å². The van der Waals surface area contributed by atoms with Gasteiger partial charge in [-0.05, 0) is 54.3 Å². The van der Waals surface area contributed by atoms with Crippen LogP contribution in [0.3, 0.4) is 0 Å². The van der Waals surface area contributed by atoms with Crippen molar-refractivity contribution in [2.24, 2.45) is 5.10 Å². The first-order valence-corrected chi connectivity index (χ1v) is 11.3. The summed E-state index contributed by atoms with van der Waals surface area (Å²) in [5.41, 5.74) is 3.82. The summed E-state index contributed by atoms with van der Waals surface area (Å²) in [5.74, 6) is 0.442. The number of hydrazone groups is 1. The maximum absolute atomic E-state index is 12.3. The maximum Gasteiger partial charge on any atom is 0.243 e. The zero-order valence-corrected chi connectivity index (χ0v) is 20.6. The van der Waals surface area contributed by atoms with E-state index in [4.69, 9.17) is 4.74 Å². The average Bonchev–Trinajstić information content (AvgIpc) is 3.17. The van der Waals surface area contributed by atoms with Crippen molar-refractivity contribution < 1.29 is 14.3 Å². The van der Waals surface area contributed by atoms with Crippen molar-refractivity contribution in [3.05, 3.63) is 69.7 Å². The predicted octanol–water partition coefficient (Wildman–Crippen LogP) is 5.55. The van der Waals surface area contributed by atoms with E-state index in [0.29, 0.717) is 11.8 Å². The molecule has 1 heterocycles. The SMILES string of the molecule is CC(=O)N(C[C@@H]1OC(/C(C)=C\c2ccc(C(C)C)cc2)=NN1C(C)=O)c1ccc(Br)cc1. The molecule has 1 aliphatic rings. The van der Waals surface area contributed by atoms with Crippen LogP contribution in [0.15, 0.2) is 63.7 Å². The molecule has 1 aliphatic heterocycles. The summed E-state index contributed by atoms with van der Waals surface area (Å²) in [6, 6.07) is 15.7. The van der Waals surface area contributed by atoms with Crippen molar-refractivity contribution in [3.63, 3.8) is 0 Å². The Morgan fingerprint density at radius 3 is 2.25 bits per heavy atom. The Morgan fingerprint density at radius 2 is 1.72 bits per heavy atom. The van der Waals surface area contributed by atoms with Gasteiger partial charge in [-0.25, -0.2) is 0 Å². The largest absolute Gasteiger partial charge is 0.448 e. The highest BCUT2D eigenvalue weighted by Crippen LogP contribution is 2.24. The Morgan fingerprint density at radius 1 is 1.09 bits per heavy atom. The predicted molar refractivity (Wildman–Crippen MR) is 131 cm³/mol. The number of hydrogen-bond donors (Lipinski definition) is 0. The van der Waals surface area contributed by atoms with E-state index in [0.717, 1.165) is 21.3 Å². The third kappa shape index (κ3) is 5.65. The lowest BCUT2D eigenvalue weighted by atomic mass is 10.0. The molecule has 0 spiro atoms. The quantitative estimate of drug-likeness (QED) is 0.525. The number of hydrogen-bond acceptors (Lipinski definition) is 4. The minimum atomic E-state index is -0.707. The van der Waals surface area contributed by atoms with Crippen molar-refractivity contribution in [1.29, 1.82) is 0 Å². The molecule has 1 atom stereocenters. The molecule has 2 aromatic rings. The van der Waals surface area contributed by atoms with Gasteiger partial charge < -0.3 is 9.64 Å². The van der Waals surface area contributed by atoms with Gasteiger partial charge in [0.1, 0.15) is 0 Å². The molecule has 32 heavy (non-hydrogen) atoms. The summed E-state index contributed by atoms with van der Waals surface area (Å²) in [6.45, 7) is 9.30. The van der Waals surface area contributed by atoms with Gasteiger partial charge in [-0.3, -0.25) is 9.59 Å². The zero-order valence-electron chi connectivity index (χ0n) is 19.0. The summed E-state index contributed by atoms with van der Waals surface area (Å²) in [4.78, 5) is 26.1. The molecule has 7 heteroatoms. The Labute approximate surface area is 197 Å². The number of amides is 2. The van der Waals surface area contributed by atoms with Crippen molar-refractivity contribution in [2.45, 2.75) is 46.8 Å². The molecule has 0 aromatic heterocycles. The van der Waals surface area contributed by atoms with Crippen LogP contribution in [0.5, 0.6) is 0 Å². The molecule has 0 unspecified atom stereocenters. The van der Waals surface area contributed by atoms with Gasteiger partial charge >= 0.3 is 0 Å². The van der Waals surface area contributed by atoms with Gasteiger partial charge in [-0.2, -0.15) is 5.01 Å². The molecule has 168 valence electrons. The number of rotatable bonds is 6. The normalized spacial score (nSPS) is 16.1. The molecule has 2 amide bonds. The second-order valence-electron chi connectivity index (χ2n) is 8.10. The third-order valence-electron chi connectivity index (χ3n) is 5.22. The highest BCUT2D eigenvalue weighted by atomic mass is 79.9. The lowest BCUT2D eigenvalue weighted by molar-refractivity contribution is -0.135. The number of benzene rings is 2. The lowest BCUT2D eigenvalue weighted by Gasteiger charge is -2.27. The average molecular weight is 498 g/mol. The molecule has 0 saturated carbocycles. The van der Waals surface area contributed by atoms with E-state index in [1.165, 1.54) is 24.4 Å². The van der Waals surface area contributed by atoms with E-state index in [1.54, 1.807) is 4.90 Å². The molecular weight excluding hydrogens is 470 g/mol. The standard InChI is InChI=1S/C25H28BrN3O3/c1-16(2)21-8-6-20(7-9-21)14-17(3)25-27-29(19(5)31)24(32-25)15-28(18(4)30)23-12-10-22(26)11-13-23/h6-14,16,24H,15H2,1-5H3/b17-14-/t24-/m0/s1. The van der Waals surface area contributed by atoms with Crippen molar-refractivity contribution in [3.8, 4) is 0 Å².